The van der Waals surface area contributed by atoms with Crippen LogP contribution >= 0.6 is 0 Å². The quantitative estimate of drug-likeness (QED) is 0.857. The van der Waals surface area contributed by atoms with Gasteiger partial charge in [0.25, 0.3) is 0 Å². The molecule has 2 aromatic rings. The summed E-state index contributed by atoms with van der Waals surface area (Å²) in [6, 6.07) is 9.66. The number of aromatic nitrogens is 1. The molecule has 2 amide bonds. The number of aryl methyl sites for hydroxylation is 1. The third-order valence-corrected chi connectivity index (χ3v) is 4.69. The Morgan fingerprint density at radius 1 is 1.36 bits per heavy atom. The average molecular weight is 341 g/mol. The minimum Gasteiger partial charge on any atom is -0.361 e. The van der Waals surface area contributed by atoms with E-state index in [1.807, 2.05) is 31.2 Å². The van der Waals surface area contributed by atoms with Crippen LogP contribution in [0.2, 0.25) is 0 Å². The van der Waals surface area contributed by atoms with Crippen LogP contribution in [-0.4, -0.2) is 40.4 Å². The molecule has 25 heavy (non-hydrogen) atoms. The Hall–Kier alpha value is -2.63. The van der Waals surface area contributed by atoms with Gasteiger partial charge in [0.05, 0.1) is 19.0 Å². The van der Waals surface area contributed by atoms with Crippen LogP contribution in [0.15, 0.2) is 34.9 Å². The zero-order chi connectivity index (χ0) is 18.0. The summed E-state index contributed by atoms with van der Waals surface area (Å²) in [5, 5.41) is 3.93. The van der Waals surface area contributed by atoms with Crippen molar-refractivity contribution >= 4 is 11.8 Å². The van der Waals surface area contributed by atoms with E-state index in [9.17, 15) is 9.59 Å². The summed E-state index contributed by atoms with van der Waals surface area (Å²) in [6.45, 7) is 4.43. The fraction of sp³-hybridized carbons (Fsp3) is 0.421. The molecule has 1 aromatic heterocycles. The maximum atomic E-state index is 12.7. The molecule has 2 heterocycles. The first-order valence-electron chi connectivity index (χ1n) is 8.47. The Labute approximate surface area is 147 Å². The molecule has 1 aliphatic heterocycles. The highest BCUT2D eigenvalue weighted by Gasteiger charge is 2.31. The molecule has 0 fully saturated rings. The molecule has 0 unspecified atom stereocenters. The standard InChI is InChI=1S/C19H23N3O3/c1-13-10-16(20-25-13)12-21(3)19(24)11-18-17-7-5-4-6-15(17)8-9-22(18)14(2)23/h4-7,10,18H,8-9,11-12H2,1-3H3/t18-/m0/s1. The molecule has 0 radical (unpaired) electrons. The summed E-state index contributed by atoms with van der Waals surface area (Å²) in [5.41, 5.74) is 3.01. The molecule has 3 rings (SSSR count). The van der Waals surface area contributed by atoms with Crippen molar-refractivity contribution < 1.29 is 14.1 Å². The number of hydrogen-bond donors (Lipinski definition) is 0. The molecule has 0 bridgehead atoms. The first-order valence-corrected chi connectivity index (χ1v) is 8.47. The van der Waals surface area contributed by atoms with E-state index in [1.54, 1.807) is 23.8 Å². The molecule has 0 N–H and O–H groups in total. The lowest BCUT2D eigenvalue weighted by Gasteiger charge is -2.37. The lowest BCUT2D eigenvalue weighted by molar-refractivity contribution is -0.136. The smallest absolute Gasteiger partial charge is 0.225 e. The molecule has 0 spiro atoms. The molecule has 0 aliphatic carbocycles. The van der Waals surface area contributed by atoms with E-state index in [1.165, 1.54) is 5.56 Å². The van der Waals surface area contributed by atoms with E-state index >= 15 is 0 Å². The molecule has 1 aromatic carbocycles. The number of amides is 2. The maximum Gasteiger partial charge on any atom is 0.225 e. The van der Waals surface area contributed by atoms with Crippen LogP contribution in [0.3, 0.4) is 0 Å². The lowest BCUT2D eigenvalue weighted by atomic mass is 9.90. The van der Waals surface area contributed by atoms with Gasteiger partial charge in [0.1, 0.15) is 11.5 Å². The second-order valence-corrected chi connectivity index (χ2v) is 6.56. The normalized spacial score (nSPS) is 16.4. The van der Waals surface area contributed by atoms with Gasteiger partial charge in [0, 0.05) is 26.6 Å². The Bertz CT molecular complexity index is 784. The molecular weight excluding hydrogens is 318 g/mol. The van der Waals surface area contributed by atoms with Gasteiger partial charge in [-0.05, 0) is 24.5 Å². The van der Waals surface area contributed by atoms with Crippen LogP contribution in [0.5, 0.6) is 0 Å². The van der Waals surface area contributed by atoms with E-state index in [4.69, 9.17) is 4.52 Å². The highest BCUT2D eigenvalue weighted by molar-refractivity contribution is 5.79. The van der Waals surface area contributed by atoms with E-state index in [2.05, 4.69) is 11.2 Å². The van der Waals surface area contributed by atoms with Crippen molar-refractivity contribution in [2.45, 2.75) is 39.3 Å². The minimum atomic E-state index is -0.212. The minimum absolute atomic E-state index is 0.00193. The molecule has 6 nitrogen and oxygen atoms in total. The van der Waals surface area contributed by atoms with Gasteiger partial charge in [-0.1, -0.05) is 29.4 Å². The summed E-state index contributed by atoms with van der Waals surface area (Å²) >= 11 is 0. The fourth-order valence-electron chi connectivity index (χ4n) is 3.39. The van der Waals surface area contributed by atoms with Crippen LogP contribution in [-0.2, 0) is 22.6 Å². The third kappa shape index (κ3) is 3.73. The second-order valence-electron chi connectivity index (χ2n) is 6.56. The van der Waals surface area contributed by atoms with Crippen molar-refractivity contribution in [2.24, 2.45) is 0 Å². The summed E-state index contributed by atoms with van der Waals surface area (Å²) < 4.78 is 5.05. The average Bonchev–Trinajstić information content (AvgIpc) is 2.99. The van der Waals surface area contributed by atoms with Crippen molar-refractivity contribution in [1.29, 1.82) is 0 Å². The first-order chi connectivity index (χ1) is 12.0. The van der Waals surface area contributed by atoms with Gasteiger partial charge in [0.15, 0.2) is 0 Å². The number of benzene rings is 1. The van der Waals surface area contributed by atoms with Gasteiger partial charge in [-0.3, -0.25) is 9.59 Å². The first kappa shape index (κ1) is 17.2. The predicted molar refractivity (Wildman–Crippen MR) is 92.6 cm³/mol. The molecule has 0 saturated carbocycles. The summed E-state index contributed by atoms with van der Waals surface area (Å²) in [4.78, 5) is 28.2. The summed E-state index contributed by atoms with van der Waals surface area (Å²) in [7, 11) is 1.75. The summed E-state index contributed by atoms with van der Waals surface area (Å²) in [6.07, 6.45) is 1.10. The van der Waals surface area contributed by atoms with Gasteiger partial charge < -0.3 is 14.3 Å². The predicted octanol–water partition coefficient (Wildman–Crippen LogP) is 2.48. The summed E-state index contributed by atoms with van der Waals surface area (Å²) in [5.74, 6) is 0.704. The van der Waals surface area contributed by atoms with E-state index in [-0.39, 0.29) is 24.3 Å². The van der Waals surface area contributed by atoms with Crippen LogP contribution in [0.25, 0.3) is 0 Å². The number of rotatable bonds is 4. The number of hydrogen-bond acceptors (Lipinski definition) is 4. The Morgan fingerprint density at radius 3 is 2.80 bits per heavy atom. The topological polar surface area (TPSA) is 66.7 Å². The number of fused-ring (bicyclic) bond motifs is 1. The molecule has 132 valence electrons. The number of carbonyl (C=O) groups excluding carboxylic acids is 2. The Kier molecular flexibility index (Phi) is 4.88. The van der Waals surface area contributed by atoms with E-state index in [0.717, 1.165) is 23.4 Å². The highest BCUT2D eigenvalue weighted by atomic mass is 16.5. The van der Waals surface area contributed by atoms with Gasteiger partial charge in [-0.15, -0.1) is 0 Å². The van der Waals surface area contributed by atoms with Gasteiger partial charge in [-0.2, -0.15) is 0 Å². The van der Waals surface area contributed by atoms with E-state index in [0.29, 0.717) is 13.1 Å². The Morgan fingerprint density at radius 2 is 2.12 bits per heavy atom. The zero-order valence-electron chi connectivity index (χ0n) is 14.9. The van der Waals surface area contributed by atoms with Crippen LogP contribution in [0.4, 0.5) is 0 Å². The highest BCUT2D eigenvalue weighted by Crippen LogP contribution is 2.32. The van der Waals surface area contributed by atoms with E-state index < -0.39 is 0 Å². The lowest BCUT2D eigenvalue weighted by Crippen LogP contribution is -2.41. The second kappa shape index (κ2) is 7.09. The molecule has 1 atom stereocenters. The van der Waals surface area contributed by atoms with Crippen LogP contribution in [0.1, 0.15) is 42.0 Å². The number of nitrogens with zero attached hydrogens (tertiary/aromatic N) is 3. The van der Waals surface area contributed by atoms with Gasteiger partial charge >= 0.3 is 0 Å². The van der Waals surface area contributed by atoms with Crippen molar-refractivity contribution in [2.75, 3.05) is 13.6 Å². The monoisotopic (exact) mass is 341 g/mol. The number of carbonyl (C=O) groups is 2. The van der Waals surface area contributed by atoms with Crippen molar-refractivity contribution in [3.05, 3.63) is 52.9 Å². The molecular formula is C19H23N3O3. The van der Waals surface area contributed by atoms with Crippen molar-refractivity contribution in [1.82, 2.24) is 15.0 Å². The van der Waals surface area contributed by atoms with Crippen LogP contribution < -0.4 is 0 Å². The van der Waals surface area contributed by atoms with Gasteiger partial charge in [-0.25, -0.2) is 0 Å². The molecule has 0 saturated heterocycles. The third-order valence-electron chi connectivity index (χ3n) is 4.69. The Balaban J connectivity index is 1.76. The van der Waals surface area contributed by atoms with Crippen molar-refractivity contribution in [3.8, 4) is 0 Å². The molecule has 6 heteroatoms. The maximum absolute atomic E-state index is 12.7. The zero-order valence-corrected chi connectivity index (χ0v) is 14.9. The largest absolute Gasteiger partial charge is 0.361 e. The SMILES string of the molecule is CC(=O)N1CCc2ccccc2[C@@H]1CC(=O)N(C)Cc1cc(C)on1. The van der Waals surface area contributed by atoms with Crippen LogP contribution in [0, 0.1) is 6.92 Å². The fourth-order valence-corrected chi connectivity index (χ4v) is 3.39. The van der Waals surface area contributed by atoms with Gasteiger partial charge in [0.2, 0.25) is 11.8 Å². The molecule has 1 aliphatic rings. The van der Waals surface area contributed by atoms with Crippen molar-refractivity contribution in [3.63, 3.8) is 0 Å².